The van der Waals surface area contributed by atoms with Gasteiger partial charge in [0.2, 0.25) is 0 Å². The van der Waals surface area contributed by atoms with E-state index >= 15 is 4.39 Å². The standard InChI is InChI=1S/C17H22FN3O4/c1-9-8-25-16-13-10(15(22)11(17(23)24)7-21(9)13)6-12(18)14(16)20-4-2-19-3-5-20/h7-8,10,12-14,16,19H,2-6H2,1H3,(H,23,24). The fourth-order valence-electron chi connectivity index (χ4n) is 4.57. The monoisotopic (exact) mass is 351 g/mol. The number of carboxylic acids is 1. The first kappa shape index (κ1) is 16.5. The van der Waals surface area contributed by atoms with Crippen LogP contribution < -0.4 is 5.32 Å². The van der Waals surface area contributed by atoms with E-state index in [0.717, 1.165) is 31.9 Å². The second-order valence-electron chi connectivity index (χ2n) is 7.10. The molecule has 2 fully saturated rings. The predicted molar refractivity (Wildman–Crippen MR) is 86.2 cm³/mol. The van der Waals surface area contributed by atoms with Gasteiger partial charge in [-0.05, 0) is 13.3 Å². The minimum atomic E-state index is -1.26. The first-order valence-electron chi connectivity index (χ1n) is 8.68. The molecular weight excluding hydrogens is 329 g/mol. The molecule has 0 bridgehead atoms. The normalized spacial score (nSPS) is 38.4. The Hall–Kier alpha value is -1.93. The number of aliphatic carboxylic acids is 1. The quantitative estimate of drug-likeness (QED) is 0.683. The van der Waals surface area contributed by atoms with Gasteiger partial charge in [0.05, 0.1) is 12.1 Å². The molecule has 5 atom stereocenters. The molecule has 8 heteroatoms. The van der Waals surface area contributed by atoms with Gasteiger partial charge >= 0.3 is 5.97 Å². The van der Waals surface area contributed by atoms with E-state index in [0.29, 0.717) is 0 Å². The van der Waals surface area contributed by atoms with Gasteiger partial charge in [0.25, 0.3) is 0 Å². The number of nitrogens with one attached hydrogen (secondary N) is 1. The van der Waals surface area contributed by atoms with Crippen molar-refractivity contribution in [3.63, 3.8) is 0 Å². The summed E-state index contributed by atoms with van der Waals surface area (Å²) in [5.74, 6) is -2.45. The van der Waals surface area contributed by atoms with Gasteiger partial charge in [0.15, 0.2) is 5.78 Å². The summed E-state index contributed by atoms with van der Waals surface area (Å²) in [5.41, 5.74) is 0.455. The lowest BCUT2D eigenvalue weighted by Gasteiger charge is -2.54. The molecule has 3 aliphatic heterocycles. The molecule has 136 valence electrons. The zero-order valence-electron chi connectivity index (χ0n) is 14.0. The first-order chi connectivity index (χ1) is 12.0. The van der Waals surface area contributed by atoms with Crippen molar-refractivity contribution < 1.29 is 23.8 Å². The van der Waals surface area contributed by atoms with Crippen LogP contribution in [0.15, 0.2) is 23.7 Å². The average molecular weight is 351 g/mol. The molecule has 0 aromatic rings. The van der Waals surface area contributed by atoms with Gasteiger partial charge in [-0.25, -0.2) is 9.18 Å². The number of carbonyl (C=O) groups excluding carboxylic acids is 1. The number of Topliss-reactive ketones (excluding diaryl/α,β-unsaturated/α-hetero) is 1. The van der Waals surface area contributed by atoms with Crippen LogP contribution in [0.5, 0.6) is 0 Å². The highest BCUT2D eigenvalue weighted by atomic mass is 19.1. The smallest absolute Gasteiger partial charge is 0.340 e. The molecule has 4 rings (SSSR count). The number of hydrogen-bond donors (Lipinski definition) is 2. The van der Waals surface area contributed by atoms with Crippen LogP contribution in [0.2, 0.25) is 0 Å². The van der Waals surface area contributed by atoms with E-state index in [9.17, 15) is 14.7 Å². The van der Waals surface area contributed by atoms with Crippen LogP contribution in [-0.4, -0.2) is 77.2 Å². The van der Waals surface area contributed by atoms with Gasteiger partial charge in [0.1, 0.15) is 24.1 Å². The lowest BCUT2D eigenvalue weighted by Crippen LogP contribution is -2.68. The molecule has 7 nitrogen and oxygen atoms in total. The number of ketones is 1. The van der Waals surface area contributed by atoms with Crippen molar-refractivity contribution in [3.8, 4) is 0 Å². The zero-order valence-corrected chi connectivity index (χ0v) is 14.0. The molecule has 0 spiro atoms. The Bertz CT molecular complexity index is 658. The summed E-state index contributed by atoms with van der Waals surface area (Å²) in [4.78, 5) is 27.9. The van der Waals surface area contributed by atoms with Gasteiger partial charge < -0.3 is 20.1 Å². The summed E-state index contributed by atoms with van der Waals surface area (Å²) in [7, 11) is 0. The topological polar surface area (TPSA) is 82.1 Å². The van der Waals surface area contributed by atoms with Gasteiger partial charge in [-0.15, -0.1) is 0 Å². The molecule has 2 N–H and O–H groups in total. The number of allylic oxidation sites excluding steroid dienone is 1. The molecule has 0 aromatic carbocycles. The Balaban J connectivity index is 1.73. The fourth-order valence-corrected chi connectivity index (χ4v) is 4.57. The molecule has 0 aromatic heterocycles. The maximum absolute atomic E-state index is 15.1. The Morgan fingerprint density at radius 1 is 1.36 bits per heavy atom. The molecule has 25 heavy (non-hydrogen) atoms. The molecule has 1 aliphatic carbocycles. The number of ether oxygens (including phenoxy) is 1. The Labute approximate surface area is 145 Å². The van der Waals surface area contributed by atoms with Crippen LogP contribution in [0.25, 0.3) is 0 Å². The maximum Gasteiger partial charge on any atom is 0.340 e. The Kier molecular flexibility index (Phi) is 4.04. The highest BCUT2D eigenvalue weighted by molar-refractivity contribution is 6.18. The molecule has 3 heterocycles. The van der Waals surface area contributed by atoms with E-state index < -0.39 is 36.0 Å². The second kappa shape index (κ2) is 6.10. The minimum Gasteiger partial charge on any atom is -0.492 e. The van der Waals surface area contributed by atoms with Crippen molar-refractivity contribution in [2.75, 3.05) is 26.2 Å². The van der Waals surface area contributed by atoms with Gasteiger partial charge in [0, 0.05) is 44.0 Å². The van der Waals surface area contributed by atoms with Gasteiger partial charge in [-0.3, -0.25) is 9.69 Å². The van der Waals surface area contributed by atoms with Crippen LogP contribution in [0.4, 0.5) is 4.39 Å². The summed E-state index contributed by atoms with van der Waals surface area (Å²) in [5, 5.41) is 12.6. The van der Waals surface area contributed by atoms with Gasteiger partial charge in [-0.1, -0.05) is 0 Å². The zero-order chi connectivity index (χ0) is 17.7. The van der Waals surface area contributed by atoms with Gasteiger partial charge in [-0.2, -0.15) is 0 Å². The predicted octanol–water partition coefficient (Wildman–Crippen LogP) is 0.100. The number of nitrogens with zero attached hydrogens (tertiary/aromatic N) is 2. The van der Waals surface area contributed by atoms with Crippen molar-refractivity contribution in [1.82, 2.24) is 15.1 Å². The molecule has 0 radical (unpaired) electrons. The highest BCUT2D eigenvalue weighted by Gasteiger charge is 2.56. The third-order valence-corrected chi connectivity index (χ3v) is 5.73. The largest absolute Gasteiger partial charge is 0.492 e. The Morgan fingerprint density at radius 3 is 2.76 bits per heavy atom. The minimum absolute atomic E-state index is 0.0341. The maximum atomic E-state index is 15.1. The SMILES string of the molecule is CC1=COC2C(N3CCNCC3)C(F)CC3C(=O)C(C(=O)O)=CN1C32. The van der Waals surface area contributed by atoms with Crippen LogP contribution in [-0.2, 0) is 14.3 Å². The summed E-state index contributed by atoms with van der Waals surface area (Å²) in [6.07, 6.45) is 1.26. The fraction of sp³-hybridized carbons (Fsp3) is 0.647. The van der Waals surface area contributed by atoms with Crippen molar-refractivity contribution in [3.05, 3.63) is 23.7 Å². The van der Waals surface area contributed by atoms with E-state index in [-0.39, 0.29) is 18.0 Å². The average Bonchev–Trinajstić information content (AvgIpc) is 2.60. The van der Waals surface area contributed by atoms with Crippen molar-refractivity contribution in [1.29, 1.82) is 0 Å². The highest BCUT2D eigenvalue weighted by Crippen LogP contribution is 2.43. The lowest BCUT2D eigenvalue weighted by atomic mass is 9.71. The number of alkyl halides is 1. The number of carboxylic acid groups (broad SMARTS) is 1. The molecular formula is C17H22FN3O4. The van der Waals surface area contributed by atoms with E-state index in [1.807, 2.05) is 0 Å². The van der Waals surface area contributed by atoms with Crippen LogP contribution in [0.3, 0.4) is 0 Å². The molecule has 0 amide bonds. The summed E-state index contributed by atoms with van der Waals surface area (Å²) >= 11 is 0. The van der Waals surface area contributed by atoms with E-state index in [2.05, 4.69) is 10.2 Å². The summed E-state index contributed by atoms with van der Waals surface area (Å²) < 4.78 is 21.0. The third-order valence-electron chi connectivity index (χ3n) is 5.73. The van der Waals surface area contributed by atoms with E-state index in [1.54, 1.807) is 18.1 Å². The molecule has 4 aliphatic rings. The van der Waals surface area contributed by atoms with E-state index in [1.165, 1.54) is 6.20 Å². The Morgan fingerprint density at radius 2 is 2.08 bits per heavy atom. The van der Waals surface area contributed by atoms with Crippen molar-refractivity contribution in [2.24, 2.45) is 5.92 Å². The molecule has 1 saturated carbocycles. The van der Waals surface area contributed by atoms with E-state index in [4.69, 9.17) is 4.74 Å². The number of halogens is 1. The number of rotatable bonds is 2. The summed E-state index contributed by atoms with van der Waals surface area (Å²) in [6.45, 7) is 4.86. The number of carbonyl (C=O) groups is 2. The molecule has 1 saturated heterocycles. The summed E-state index contributed by atoms with van der Waals surface area (Å²) in [6, 6.07) is -0.782. The van der Waals surface area contributed by atoms with Crippen molar-refractivity contribution >= 4 is 11.8 Å². The third kappa shape index (κ3) is 2.55. The molecule has 5 unspecified atom stereocenters. The lowest BCUT2D eigenvalue weighted by molar-refractivity contribution is -0.145. The number of piperazine rings is 1. The second-order valence-corrected chi connectivity index (χ2v) is 7.10. The van der Waals surface area contributed by atoms with Crippen LogP contribution in [0, 0.1) is 5.92 Å². The van der Waals surface area contributed by atoms with Crippen LogP contribution in [0.1, 0.15) is 13.3 Å². The van der Waals surface area contributed by atoms with Crippen LogP contribution >= 0.6 is 0 Å². The first-order valence-corrected chi connectivity index (χ1v) is 8.68. The number of hydrogen-bond acceptors (Lipinski definition) is 6. The van der Waals surface area contributed by atoms with Crippen molar-refractivity contribution in [2.45, 2.75) is 37.7 Å².